The Balaban J connectivity index is 2.17. The predicted octanol–water partition coefficient (Wildman–Crippen LogP) is 0.639. The Hall–Kier alpha value is -0.0800. The lowest BCUT2D eigenvalue weighted by atomic mass is 10.1. The van der Waals surface area contributed by atoms with Gasteiger partial charge in [-0.05, 0) is 25.7 Å². The van der Waals surface area contributed by atoms with Crippen LogP contribution in [0, 0.1) is 0 Å². The highest BCUT2D eigenvalue weighted by Gasteiger charge is 2.40. The summed E-state index contributed by atoms with van der Waals surface area (Å²) in [6.45, 7) is 2.05. The molecule has 54 valence electrons. The van der Waals surface area contributed by atoms with E-state index in [1.54, 1.807) is 0 Å². The molecule has 0 aromatic heterocycles. The fourth-order valence-electron chi connectivity index (χ4n) is 0.981. The molecule has 2 heteroatoms. The summed E-state index contributed by atoms with van der Waals surface area (Å²) in [6, 6.07) is 0.206. The number of rotatable bonds is 3. The summed E-state index contributed by atoms with van der Waals surface area (Å²) in [5.41, 5.74) is 5.29. The van der Waals surface area contributed by atoms with Crippen LogP contribution in [0.25, 0.3) is 0 Å². The van der Waals surface area contributed by atoms with Crippen LogP contribution >= 0.6 is 0 Å². The van der Waals surface area contributed by atoms with Crippen molar-refractivity contribution < 1.29 is 5.11 Å². The summed E-state index contributed by atoms with van der Waals surface area (Å²) in [7, 11) is 0. The normalized spacial score (nSPS) is 25.7. The summed E-state index contributed by atoms with van der Waals surface area (Å²) >= 11 is 0. The third-order valence-electron chi connectivity index (χ3n) is 1.99. The monoisotopic (exact) mass is 129 g/mol. The molecule has 0 aliphatic heterocycles. The van der Waals surface area contributed by atoms with Crippen LogP contribution in [0.4, 0.5) is 0 Å². The van der Waals surface area contributed by atoms with Gasteiger partial charge in [-0.3, -0.25) is 0 Å². The Morgan fingerprint density at radius 1 is 1.67 bits per heavy atom. The summed E-state index contributed by atoms with van der Waals surface area (Å²) in [4.78, 5) is 0. The van der Waals surface area contributed by atoms with Crippen molar-refractivity contribution in [3.63, 3.8) is 0 Å². The molecule has 0 radical (unpaired) electrons. The van der Waals surface area contributed by atoms with E-state index in [1.165, 1.54) is 0 Å². The van der Waals surface area contributed by atoms with Crippen molar-refractivity contribution in [3.8, 4) is 0 Å². The first-order valence-corrected chi connectivity index (χ1v) is 3.64. The highest BCUT2D eigenvalue weighted by atomic mass is 16.3. The van der Waals surface area contributed by atoms with Gasteiger partial charge in [0, 0.05) is 6.04 Å². The van der Waals surface area contributed by atoms with Crippen molar-refractivity contribution in [1.82, 2.24) is 0 Å². The molecule has 0 spiro atoms. The third-order valence-corrected chi connectivity index (χ3v) is 1.99. The second-order valence-corrected chi connectivity index (χ2v) is 3.10. The van der Waals surface area contributed by atoms with Crippen LogP contribution in [0.15, 0.2) is 0 Å². The zero-order valence-corrected chi connectivity index (χ0v) is 5.93. The molecule has 1 fully saturated rings. The van der Waals surface area contributed by atoms with E-state index in [0.717, 1.165) is 25.7 Å². The molecule has 0 bridgehead atoms. The minimum atomic E-state index is -0.352. The number of aliphatic hydroxyl groups is 1. The fourth-order valence-corrected chi connectivity index (χ4v) is 0.981. The Morgan fingerprint density at radius 2 is 2.22 bits per heavy atom. The SMILES string of the molecule is CCC(N)CC1(O)CC1. The van der Waals surface area contributed by atoms with Gasteiger partial charge in [-0.25, -0.2) is 0 Å². The van der Waals surface area contributed by atoms with E-state index in [-0.39, 0.29) is 11.6 Å². The largest absolute Gasteiger partial charge is 0.390 e. The molecule has 3 N–H and O–H groups in total. The van der Waals surface area contributed by atoms with Crippen LogP contribution < -0.4 is 5.73 Å². The van der Waals surface area contributed by atoms with E-state index in [9.17, 15) is 5.11 Å². The van der Waals surface area contributed by atoms with Gasteiger partial charge < -0.3 is 10.8 Å². The summed E-state index contributed by atoms with van der Waals surface area (Å²) in [5.74, 6) is 0. The molecule has 0 amide bonds. The van der Waals surface area contributed by atoms with Crippen molar-refractivity contribution >= 4 is 0 Å². The Bertz CT molecular complexity index is 99.1. The molecule has 0 aromatic rings. The second-order valence-electron chi connectivity index (χ2n) is 3.10. The maximum absolute atomic E-state index is 9.35. The molecule has 0 saturated heterocycles. The van der Waals surface area contributed by atoms with Crippen LogP contribution in [0.3, 0.4) is 0 Å². The Morgan fingerprint density at radius 3 is 2.56 bits per heavy atom. The smallest absolute Gasteiger partial charge is 0.0664 e. The van der Waals surface area contributed by atoms with E-state index in [4.69, 9.17) is 5.73 Å². The minimum absolute atomic E-state index is 0.206. The molecule has 2 nitrogen and oxygen atoms in total. The van der Waals surface area contributed by atoms with Gasteiger partial charge in [0.15, 0.2) is 0 Å². The summed E-state index contributed by atoms with van der Waals surface area (Å²) in [6.07, 6.45) is 3.69. The van der Waals surface area contributed by atoms with Gasteiger partial charge >= 0.3 is 0 Å². The zero-order chi connectivity index (χ0) is 6.91. The lowest BCUT2D eigenvalue weighted by molar-refractivity contribution is 0.130. The average Bonchev–Trinajstić information content (AvgIpc) is 2.48. The topological polar surface area (TPSA) is 46.2 Å². The van der Waals surface area contributed by atoms with E-state index in [1.807, 2.05) is 0 Å². The predicted molar refractivity (Wildman–Crippen MR) is 37.1 cm³/mol. The van der Waals surface area contributed by atoms with Crippen LogP contribution in [-0.2, 0) is 0 Å². The van der Waals surface area contributed by atoms with Crippen molar-refractivity contribution in [2.45, 2.75) is 44.2 Å². The molecule has 1 aliphatic carbocycles. The van der Waals surface area contributed by atoms with E-state index < -0.39 is 0 Å². The lowest BCUT2D eigenvalue weighted by Crippen LogP contribution is -2.26. The van der Waals surface area contributed by atoms with Crippen molar-refractivity contribution in [3.05, 3.63) is 0 Å². The summed E-state index contributed by atoms with van der Waals surface area (Å²) in [5, 5.41) is 9.35. The maximum Gasteiger partial charge on any atom is 0.0664 e. The number of hydrogen-bond donors (Lipinski definition) is 2. The Labute approximate surface area is 56.1 Å². The van der Waals surface area contributed by atoms with Crippen molar-refractivity contribution in [2.75, 3.05) is 0 Å². The van der Waals surface area contributed by atoms with Crippen LogP contribution in [0.2, 0.25) is 0 Å². The molecule has 0 heterocycles. The molecular weight excluding hydrogens is 114 g/mol. The van der Waals surface area contributed by atoms with Crippen molar-refractivity contribution in [2.24, 2.45) is 5.73 Å². The first kappa shape index (κ1) is 7.03. The standard InChI is InChI=1S/C7H15NO/c1-2-6(8)5-7(9)3-4-7/h6,9H,2-5,8H2,1H3. The van der Waals surface area contributed by atoms with Gasteiger partial charge in [-0.2, -0.15) is 0 Å². The van der Waals surface area contributed by atoms with Gasteiger partial charge in [0.05, 0.1) is 5.60 Å². The molecule has 1 rings (SSSR count). The number of hydrogen-bond acceptors (Lipinski definition) is 2. The molecule has 1 atom stereocenters. The maximum atomic E-state index is 9.35. The van der Waals surface area contributed by atoms with E-state index in [2.05, 4.69) is 6.92 Å². The number of nitrogens with two attached hydrogens (primary N) is 1. The van der Waals surface area contributed by atoms with Crippen molar-refractivity contribution in [1.29, 1.82) is 0 Å². The molecule has 1 aliphatic rings. The molecule has 9 heavy (non-hydrogen) atoms. The first-order valence-electron chi connectivity index (χ1n) is 3.64. The van der Waals surface area contributed by atoms with Crippen LogP contribution in [0.1, 0.15) is 32.6 Å². The fraction of sp³-hybridized carbons (Fsp3) is 1.00. The molecule has 1 unspecified atom stereocenters. The van der Waals surface area contributed by atoms with Crippen LogP contribution in [-0.4, -0.2) is 16.7 Å². The molecule has 0 aromatic carbocycles. The van der Waals surface area contributed by atoms with Gasteiger partial charge in [0.2, 0.25) is 0 Å². The van der Waals surface area contributed by atoms with Gasteiger partial charge in [-0.1, -0.05) is 6.92 Å². The van der Waals surface area contributed by atoms with Crippen LogP contribution in [0.5, 0.6) is 0 Å². The van der Waals surface area contributed by atoms with Gasteiger partial charge in [0.1, 0.15) is 0 Å². The second kappa shape index (κ2) is 2.27. The summed E-state index contributed by atoms with van der Waals surface area (Å²) < 4.78 is 0. The highest BCUT2D eigenvalue weighted by molar-refractivity contribution is 4.95. The average molecular weight is 129 g/mol. The first-order chi connectivity index (χ1) is 4.16. The third kappa shape index (κ3) is 1.95. The van der Waals surface area contributed by atoms with Gasteiger partial charge in [-0.15, -0.1) is 0 Å². The van der Waals surface area contributed by atoms with Gasteiger partial charge in [0.25, 0.3) is 0 Å². The van der Waals surface area contributed by atoms with E-state index in [0.29, 0.717) is 0 Å². The Kier molecular flexibility index (Phi) is 1.78. The quantitative estimate of drug-likeness (QED) is 0.587. The zero-order valence-electron chi connectivity index (χ0n) is 5.93. The lowest BCUT2D eigenvalue weighted by Gasteiger charge is -2.12. The minimum Gasteiger partial charge on any atom is -0.390 e. The van der Waals surface area contributed by atoms with E-state index >= 15 is 0 Å². The highest BCUT2D eigenvalue weighted by Crippen LogP contribution is 2.39. The molecular formula is C7H15NO. The molecule has 1 saturated carbocycles.